The molecule has 0 saturated carbocycles. The van der Waals surface area contributed by atoms with E-state index in [9.17, 15) is 28.9 Å². The highest BCUT2D eigenvalue weighted by Gasteiger charge is 2.36. The Morgan fingerprint density at radius 3 is 2.83 bits per heavy atom. The van der Waals surface area contributed by atoms with Gasteiger partial charge in [0.05, 0.1) is 29.3 Å². The Morgan fingerprint density at radius 2 is 2.17 bits per heavy atom. The Kier molecular flexibility index (Phi) is 5.55. The van der Waals surface area contributed by atoms with E-state index in [0.29, 0.717) is 5.69 Å². The number of hydrogen-bond donors (Lipinski definition) is 1. The number of nitrogens with zero attached hydrogens (tertiary/aromatic N) is 3. The molecule has 152 valence electrons. The van der Waals surface area contributed by atoms with E-state index in [1.54, 1.807) is 6.92 Å². The number of carbonyl (C=O) groups excluding carboxylic acids is 3. The minimum atomic E-state index is -1.01. The minimum absolute atomic E-state index is 0.0261. The molecule has 1 N–H and O–H groups in total. The fraction of sp³-hybridized carbons (Fsp3) is 0.294. The van der Waals surface area contributed by atoms with E-state index in [2.05, 4.69) is 15.0 Å². The van der Waals surface area contributed by atoms with Crippen molar-refractivity contribution in [1.82, 2.24) is 4.98 Å². The second-order valence-corrected chi connectivity index (χ2v) is 7.21. The summed E-state index contributed by atoms with van der Waals surface area (Å²) in [5, 5.41) is 13.7. The first-order chi connectivity index (χ1) is 13.7. The molecule has 1 aromatic heterocycles. The molecule has 10 nitrogen and oxygen atoms in total. The third-order valence-electron chi connectivity index (χ3n) is 4.33. The number of methoxy groups -OCH3 is 1. The van der Waals surface area contributed by atoms with Crippen LogP contribution in [0, 0.1) is 28.8 Å². The van der Waals surface area contributed by atoms with Crippen molar-refractivity contribution in [3.8, 4) is 0 Å². The summed E-state index contributed by atoms with van der Waals surface area (Å²) in [7, 11) is 1.23. The Balaban J connectivity index is 1.73. The first-order valence-corrected chi connectivity index (χ1v) is 9.13. The van der Waals surface area contributed by atoms with Crippen LogP contribution in [0.25, 0.3) is 0 Å². The zero-order valence-electron chi connectivity index (χ0n) is 15.3. The summed E-state index contributed by atoms with van der Waals surface area (Å²) in [5.74, 6) is -3.22. The maximum absolute atomic E-state index is 13.5. The van der Waals surface area contributed by atoms with Crippen LogP contribution in [-0.2, 0) is 14.3 Å². The first-order valence-electron chi connectivity index (χ1n) is 8.32. The van der Waals surface area contributed by atoms with Crippen LogP contribution in [0.15, 0.2) is 18.2 Å². The number of amides is 2. The minimum Gasteiger partial charge on any atom is -0.465 e. The van der Waals surface area contributed by atoms with Gasteiger partial charge in [-0.15, -0.1) is 0 Å². The van der Waals surface area contributed by atoms with Crippen LogP contribution in [-0.4, -0.2) is 41.3 Å². The number of rotatable bonds is 5. The van der Waals surface area contributed by atoms with Gasteiger partial charge in [0.25, 0.3) is 0 Å². The highest BCUT2D eigenvalue weighted by molar-refractivity contribution is 7.17. The SMILES string of the molecule is COC(=O)c1sc(NC(=O)C2CC(=O)N(c3ccc(F)c([N+](=O)[O-])c3)C2)nc1C. The van der Waals surface area contributed by atoms with Crippen molar-refractivity contribution in [2.45, 2.75) is 13.3 Å². The molecule has 1 saturated heterocycles. The number of aryl methyl sites for hydroxylation is 1. The molecule has 1 aliphatic heterocycles. The lowest BCUT2D eigenvalue weighted by molar-refractivity contribution is -0.387. The second-order valence-electron chi connectivity index (χ2n) is 6.21. The first kappa shape index (κ1) is 20.3. The third-order valence-corrected chi connectivity index (χ3v) is 5.38. The summed E-state index contributed by atoms with van der Waals surface area (Å²) in [6.45, 7) is 1.57. The summed E-state index contributed by atoms with van der Waals surface area (Å²) < 4.78 is 18.2. The van der Waals surface area contributed by atoms with Crippen LogP contribution in [0.1, 0.15) is 21.8 Å². The van der Waals surface area contributed by atoms with Gasteiger partial charge in [-0.3, -0.25) is 19.7 Å². The van der Waals surface area contributed by atoms with Gasteiger partial charge in [-0.1, -0.05) is 11.3 Å². The van der Waals surface area contributed by atoms with Crippen LogP contribution in [0.5, 0.6) is 0 Å². The molecule has 0 spiro atoms. The maximum atomic E-state index is 13.5. The Bertz CT molecular complexity index is 1020. The quantitative estimate of drug-likeness (QED) is 0.444. The zero-order chi connectivity index (χ0) is 21.3. The van der Waals surface area contributed by atoms with Crippen molar-refractivity contribution in [2.24, 2.45) is 5.92 Å². The van der Waals surface area contributed by atoms with Gasteiger partial charge in [-0.05, 0) is 19.1 Å². The van der Waals surface area contributed by atoms with Gasteiger partial charge >= 0.3 is 11.7 Å². The van der Waals surface area contributed by atoms with Crippen molar-refractivity contribution in [1.29, 1.82) is 0 Å². The lowest BCUT2D eigenvalue weighted by Crippen LogP contribution is -2.28. The number of benzene rings is 1. The number of hydrogen-bond acceptors (Lipinski definition) is 8. The van der Waals surface area contributed by atoms with Crippen molar-refractivity contribution >= 4 is 45.6 Å². The van der Waals surface area contributed by atoms with Crippen LogP contribution in [0.4, 0.5) is 20.9 Å². The van der Waals surface area contributed by atoms with Crippen molar-refractivity contribution < 1.29 is 28.4 Å². The van der Waals surface area contributed by atoms with E-state index >= 15 is 0 Å². The van der Waals surface area contributed by atoms with Crippen LogP contribution < -0.4 is 10.2 Å². The highest BCUT2D eigenvalue weighted by atomic mass is 32.1. The van der Waals surface area contributed by atoms with E-state index in [-0.39, 0.29) is 28.7 Å². The van der Waals surface area contributed by atoms with Crippen LogP contribution in [0.2, 0.25) is 0 Å². The van der Waals surface area contributed by atoms with Gasteiger partial charge in [-0.2, -0.15) is 4.39 Å². The van der Waals surface area contributed by atoms with E-state index in [1.807, 2.05) is 0 Å². The molecule has 1 unspecified atom stereocenters. The Morgan fingerprint density at radius 1 is 1.45 bits per heavy atom. The summed E-state index contributed by atoms with van der Waals surface area (Å²) in [5.41, 5.74) is -0.215. The predicted molar refractivity (Wildman–Crippen MR) is 100 cm³/mol. The number of thiazole rings is 1. The fourth-order valence-corrected chi connectivity index (χ4v) is 3.77. The standard InChI is InChI=1S/C17H15FN4O6S/c1-8-14(16(25)28-2)29-17(19-8)20-15(24)9-5-13(23)21(7-9)10-3-4-11(18)12(6-10)22(26)27/h3-4,6,9H,5,7H2,1-2H3,(H,19,20,24). The lowest BCUT2D eigenvalue weighted by atomic mass is 10.1. The number of carbonyl (C=O) groups is 3. The largest absolute Gasteiger partial charge is 0.465 e. The van der Waals surface area contributed by atoms with Gasteiger partial charge in [0.1, 0.15) is 4.88 Å². The van der Waals surface area contributed by atoms with Gasteiger partial charge in [0.2, 0.25) is 17.6 Å². The van der Waals surface area contributed by atoms with E-state index < -0.39 is 40.1 Å². The number of nitro benzene ring substituents is 1. The average molecular weight is 422 g/mol. The monoisotopic (exact) mass is 422 g/mol. The number of nitro groups is 1. The van der Waals surface area contributed by atoms with Crippen molar-refractivity contribution in [3.05, 3.63) is 44.7 Å². The molecule has 2 amide bonds. The van der Waals surface area contributed by atoms with Crippen molar-refractivity contribution in [2.75, 3.05) is 23.9 Å². The molecular weight excluding hydrogens is 407 g/mol. The maximum Gasteiger partial charge on any atom is 0.350 e. The number of anilines is 2. The molecular formula is C17H15FN4O6S. The second kappa shape index (κ2) is 7.91. The zero-order valence-corrected chi connectivity index (χ0v) is 16.1. The van der Waals surface area contributed by atoms with E-state index in [4.69, 9.17) is 0 Å². The van der Waals surface area contributed by atoms with Crippen LogP contribution in [0.3, 0.4) is 0 Å². The molecule has 1 aromatic carbocycles. The summed E-state index contributed by atoms with van der Waals surface area (Å²) >= 11 is 0.951. The third kappa shape index (κ3) is 4.06. The number of nitrogens with one attached hydrogen (secondary N) is 1. The molecule has 2 aromatic rings. The van der Waals surface area contributed by atoms with Gasteiger partial charge in [0.15, 0.2) is 5.13 Å². The summed E-state index contributed by atoms with van der Waals surface area (Å²) in [6.07, 6.45) is -0.120. The normalized spacial score (nSPS) is 16.0. The molecule has 2 heterocycles. The Hall–Kier alpha value is -3.41. The smallest absolute Gasteiger partial charge is 0.350 e. The lowest BCUT2D eigenvalue weighted by Gasteiger charge is -2.16. The van der Waals surface area contributed by atoms with Crippen molar-refractivity contribution in [3.63, 3.8) is 0 Å². The predicted octanol–water partition coefficient (Wildman–Crippen LogP) is 2.28. The molecule has 3 rings (SSSR count). The molecule has 12 heteroatoms. The number of aromatic nitrogens is 1. The Labute approximate surface area is 167 Å². The summed E-state index contributed by atoms with van der Waals surface area (Å²) in [6, 6.07) is 3.11. The van der Waals surface area contributed by atoms with Gasteiger partial charge in [0, 0.05) is 19.0 Å². The number of halogens is 1. The average Bonchev–Trinajstić information content (AvgIpc) is 3.24. The fourth-order valence-electron chi connectivity index (χ4n) is 2.88. The molecule has 0 radical (unpaired) electrons. The number of ether oxygens (including phenoxy) is 1. The van der Waals surface area contributed by atoms with Gasteiger partial charge in [-0.25, -0.2) is 9.78 Å². The molecule has 0 bridgehead atoms. The molecule has 0 aliphatic carbocycles. The van der Waals surface area contributed by atoms with Gasteiger partial charge < -0.3 is 15.0 Å². The highest BCUT2D eigenvalue weighted by Crippen LogP contribution is 2.31. The molecule has 1 atom stereocenters. The van der Waals surface area contributed by atoms with Crippen LogP contribution >= 0.6 is 11.3 Å². The molecule has 1 fully saturated rings. The summed E-state index contributed by atoms with van der Waals surface area (Å²) in [4.78, 5) is 52.0. The van der Waals surface area contributed by atoms with E-state index in [0.717, 1.165) is 23.5 Å². The topological polar surface area (TPSA) is 132 Å². The van der Waals surface area contributed by atoms with E-state index in [1.165, 1.54) is 18.1 Å². The number of esters is 1. The molecule has 29 heavy (non-hydrogen) atoms. The molecule has 1 aliphatic rings.